The fraction of sp³-hybridized carbons (Fsp3) is 0.676. The molecular formula is C71H115N11O15S. The van der Waals surface area contributed by atoms with E-state index in [1.54, 1.807) is 101 Å². The van der Waals surface area contributed by atoms with Crippen molar-refractivity contribution in [1.82, 2.24) is 46.2 Å². The second-order valence-corrected chi connectivity index (χ2v) is 27.9. The average molecular weight is 1390 g/mol. The number of nitrogens with one attached hydrogen (secondary N) is 6. The van der Waals surface area contributed by atoms with E-state index in [0.29, 0.717) is 56.4 Å². The molecule has 0 spiro atoms. The number of ether oxygens (including phenoxy) is 3. The lowest BCUT2D eigenvalue weighted by Crippen LogP contribution is -2.57. The van der Waals surface area contributed by atoms with Crippen molar-refractivity contribution >= 4 is 82.7 Å². The zero-order valence-electron chi connectivity index (χ0n) is 61.0. The maximum absolute atomic E-state index is 14.0. The summed E-state index contributed by atoms with van der Waals surface area (Å²) in [5, 5.41) is 27.0. The number of nitrogens with zero attached hydrogens (tertiary/aromatic N) is 4. The van der Waals surface area contributed by atoms with Gasteiger partial charge in [-0.05, 0) is 106 Å². The average Bonchev–Trinajstić information content (AvgIpc) is 1.59. The number of nitrogens with two attached hydrogens (primary N) is 1. The van der Waals surface area contributed by atoms with Crippen LogP contribution in [0.2, 0.25) is 0 Å². The van der Waals surface area contributed by atoms with Crippen molar-refractivity contribution in [3.05, 3.63) is 65.7 Å². The molecular weight excluding hydrogens is 1280 g/mol. The van der Waals surface area contributed by atoms with Gasteiger partial charge in [0.25, 0.3) is 0 Å². The highest BCUT2D eigenvalue weighted by atomic mass is 32.2. The van der Waals surface area contributed by atoms with E-state index in [0.717, 1.165) is 18.4 Å². The Morgan fingerprint density at radius 1 is 0.755 bits per heavy atom. The first-order chi connectivity index (χ1) is 46.2. The number of anilines is 1. The Kier molecular flexibility index (Phi) is 36.9. The lowest BCUT2D eigenvalue weighted by molar-refractivity contribution is -0.147. The number of imide groups is 1. The van der Waals surface area contributed by atoms with Crippen molar-refractivity contribution < 1.29 is 72.1 Å². The van der Waals surface area contributed by atoms with Crippen molar-refractivity contribution in [2.75, 3.05) is 59.5 Å². The van der Waals surface area contributed by atoms with Gasteiger partial charge in [-0.2, -0.15) is 11.8 Å². The van der Waals surface area contributed by atoms with Gasteiger partial charge in [-0.1, -0.05) is 118 Å². The van der Waals surface area contributed by atoms with Crippen LogP contribution in [-0.2, 0) is 64.0 Å². The molecule has 0 aliphatic carbocycles. The Labute approximate surface area is 585 Å². The third-order valence-electron chi connectivity index (χ3n) is 18.6. The molecule has 2 saturated heterocycles. The van der Waals surface area contributed by atoms with Gasteiger partial charge in [-0.15, -0.1) is 0 Å². The molecule has 27 heteroatoms. The van der Waals surface area contributed by atoms with Gasteiger partial charge in [0, 0.05) is 79.4 Å². The minimum absolute atomic E-state index is 0.00910. The SMILES string of the molecule is CC[C@H](C)C([C@@H](CC(=O)N1CCC[C@H]1[C@H](OC)[C@@H](C)C(=O)N[C@H](C)[C@@H](O)c1ccccc1)OC)N(C)C(=O)[C@@H](NC(C)=O)C(C)C.CSC1CC(=O)N(CCCCCC(=O)NC(C(=O)N[C@@H](CCCNC(N)=O)C(=O)Nc2ccc(COC(=O)N(C)[C@H](C)C(C)C)cc2)C(C)C)C1=O. The molecule has 0 radical (unpaired) electrons. The number of primary amides is 1. The molecule has 3 unspecified atom stereocenters. The maximum atomic E-state index is 14.0. The van der Waals surface area contributed by atoms with Crippen LogP contribution in [0.25, 0.3) is 0 Å². The minimum Gasteiger partial charge on any atom is -0.445 e. The summed E-state index contributed by atoms with van der Waals surface area (Å²) in [6, 6.07) is 11.4. The molecule has 98 heavy (non-hydrogen) atoms. The second-order valence-electron chi connectivity index (χ2n) is 26.9. The highest BCUT2D eigenvalue weighted by Crippen LogP contribution is 2.31. The summed E-state index contributed by atoms with van der Waals surface area (Å²) >= 11 is 1.37. The first-order valence-electron chi connectivity index (χ1n) is 34.5. The van der Waals surface area contributed by atoms with Crippen molar-refractivity contribution in [3.63, 3.8) is 0 Å². The van der Waals surface area contributed by atoms with Crippen molar-refractivity contribution in [1.29, 1.82) is 0 Å². The molecule has 4 rings (SSSR count). The number of methoxy groups -OCH3 is 2. The number of urea groups is 1. The maximum Gasteiger partial charge on any atom is 0.410 e. The third kappa shape index (κ3) is 26.4. The van der Waals surface area contributed by atoms with Crippen LogP contribution in [0.3, 0.4) is 0 Å². The van der Waals surface area contributed by atoms with E-state index >= 15 is 0 Å². The molecule has 2 aliphatic heterocycles. The van der Waals surface area contributed by atoms with Gasteiger partial charge in [-0.3, -0.25) is 48.1 Å². The third-order valence-corrected chi connectivity index (χ3v) is 19.6. The number of benzene rings is 2. The standard InChI is InChI=1S/C36H57N7O8S.C35H58N4O7/c1-22(2)24(5)42(6)36(50)51-21-25-14-16-26(17-15-25)39-32(46)27(12-11-18-38-35(37)49)40-33(47)31(23(3)4)41-29(44)13-9-8-10-19-43-30(45)20-28(52-7)34(43)48;1-11-22(4)31(38(8)35(44)30(21(2)3)37-25(7)40)28(45-9)20-29(41)39-19-15-18-27(39)33(46-10)23(5)34(43)36-24(6)32(42)26-16-13-12-14-17-26/h14-17,22-24,27-28,31H,8-13,18-21H2,1-7H3,(H,39,46)(H,40,47)(H,41,44)(H3,37,38,49);12-14,16-17,21-24,27-28,30-33,42H,11,15,18-20H2,1-10H3,(H,36,43)(H,37,40)/t24-,27+,28?,31?;22-,23+,24+,27-,28+,30-,31?,32+,33+/m10/s1. The lowest BCUT2D eigenvalue weighted by atomic mass is 9.89. The fourth-order valence-corrected chi connectivity index (χ4v) is 12.7. The van der Waals surface area contributed by atoms with Crippen LogP contribution in [0, 0.1) is 29.6 Å². The number of likely N-dealkylation sites (N-methyl/N-ethyl adjacent to an activating group) is 1. The van der Waals surface area contributed by atoms with E-state index < -0.39 is 78.4 Å². The van der Waals surface area contributed by atoms with Crippen LogP contribution in [-0.4, -0.2) is 204 Å². The number of thioether (sulfide) groups is 1. The topological polar surface area (TPSA) is 347 Å². The normalized spacial score (nSPS) is 17.9. The van der Waals surface area contributed by atoms with Crippen LogP contribution in [0.15, 0.2) is 54.6 Å². The molecule has 9 N–H and O–H groups in total. The molecule has 2 aromatic rings. The summed E-state index contributed by atoms with van der Waals surface area (Å²) < 4.78 is 17.2. The zero-order valence-corrected chi connectivity index (χ0v) is 61.8. The van der Waals surface area contributed by atoms with E-state index in [-0.39, 0.29) is 121 Å². The number of carbonyl (C=O) groups is 11. The number of amides is 12. The van der Waals surface area contributed by atoms with E-state index in [4.69, 9.17) is 19.9 Å². The largest absolute Gasteiger partial charge is 0.445 e. The number of unbranched alkanes of at least 4 members (excludes halogenated alkanes) is 2. The number of likely N-dealkylation sites (tertiary alicyclic amines) is 2. The van der Waals surface area contributed by atoms with Gasteiger partial charge in [-0.25, -0.2) is 9.59 Å². The van der Waals surface area contributed by atoms with Crippen LogP contribution in [0.4, 0.5) is 15.3 Å². The fourth-order valence-electron chi connectivity index (χ4n) is 12.0. The Balaban J connectivity index is 0.000000514. The molecule has 0 bridgehead atoms. The quantitative estimate of drug-likeness (QED) is 0.0257. The monoisotopic (exact) mass is 1390 g/mol. The predicted molar refractivity (Wildman–Crippen MR) is 378 cm³/mol. The molecule has 2 aliphatic rings. The van der Waals surface area contributed by atoms with Crippen LogP contribution in [0.5, 0.6) is 0 Å². The van der Waals surface area contributed by atoms with Gasteiger partial charge in [0.05, 0.1) is 54.0 Å². The lowest BCUT2D eigenvalue weighted by Gasteiger charge is -2.40. The van der Waals surface area contributed by atoms with Crippen molar-refractivity contribution in [3.8, 4) is 0 Å². The second kappa shape index (κ2) is 42.6. The first kappa shape index (κ1) is 84.9. The molecule has 26 nitrogen and oxygen atoms in total. The van der Waals surface area contributed by atoms with E-state index in [2.05, 4.69) is 31.9 Å². The number of aliphatic hydroxyl groups is 1. The summed E-state index contributed by atoms with van der Waals surface area (Å²) in [5.74, 6) is -3.33. The molecule has 2 aromatic carbocycles. The Morgan fingerprint density at radius 2 is 1.40 bits per heavy atom. The van der Waals surface area contributed by atoms with E-state index in [1.807, 2.05) is 78.8 Å². The van der Waals surface area contributed by atoms with Gasteiger partial charge < -0.3 is 71.7 Å². The molecule has 13 atom stereocenters. The summed E-state index contributed by atoms with van der Waals surface area (Å²) in [6.07, 6.45) is 4.18. The first-order valence-corrected chi connectivity index (χ1v) is 35.7. The van der Waals surface area contributed by atoms with Crippen molar-refractivity contribution in [2.45, 2.75) is 226 Å². The summed E-state index contributed by atoms with van der Waals surface area (Å²) in [6.45, 7) is 23.4. The van der Waals surface area contributed by atoms with Gasteiger partial charge >= 0.3 is 12.1 Å². The smallest absolute Gasteiger partial charge is 0.410 e. The summed E-state index contributed by atoms with van der Waals surface area (Å²) in [7, 11) is 6.51. The van der Waals surface area contributed by atoms with Gasteiger partial charge in [0.15, 0.2) is 0 Å². The molecule has 12 amide bonds. The predicted octanol–water partition coefficient (Wildman–Crippen LogP) is 6.67. The van der Waals surface area contributed by atoms with Crippen LogP contribution < -0.4 is 37.6 Å². The number of hydrogen-bond donors (Lipinski definition) is 8. The Hall–Kier alpha value is -7.36. The number of carbonyl (C=O) groups excluding carboxylic acids is 11. The van der Waals surface area contributed by atoms with Crippen molar-refractivity contribution in [2.24, 2.45) is 35.3 Å². The zero-order chi connectivity index (χ0) is 73.7. The van der Waals surface area contributed by atoms with E-state index in [9.17, 15) is 57.8 Å². The molecule has 2 fully saturated rings. The molecule has 0 saturated carbocycles. The minimum atomic E-state index is -0.999. The summed E-state index contributed by atoms with van der Waals surface area (Å²) in [4.78, 5) is 147. The Morgan fingerprint density at radius 3 is 1.95 bits per heavy atom. The van der Waals surface area contributed by atoms with Crippen LogP contribution >= 0.6 is 11.8 Å². The highest BCUT2D eigenvalue weighted by molar-refractivity contribution is 8.00. The number of aliphatic hydroxyl groups excluding tert-OH is 1. The number of hydrogen-bond acceptors (Lipinski definition) is 16. The highest BCUT2D eigenvalue weighted by Gasteiger charge is 2.44. The molecule has 0 aromatic heterocycles. The summed E-state index contributed by atoms with van der Waals surface area (Å²) in [5.41, 5.74) is 7.05. The molecule has 2 heterocycles. The van der Waals surface area contributed by atoms with Gasteiger partial charge in [0.1, 0.15) is 24.7 Å². The Bertz CT molecular complexity index is 2910. The van der Waals surface area contributed by atoms with E-state index in [1.165, 1.54) is 23.6 Å². The van der Waals surface area contributed by atoms with Crippen LogP contribution in [0.1, 0.15) is 171 Å². The number of rotatable bonds is 38. The molecule has 550 valence electrons. The van der Waals surface area contributed by atoms with Gasteiger partial charge in [0.2, 0.25) is 53.2 Å².